The summed E-state index contributed by atoms with van der Waals surface area (Å²) in [4.78, 5) is 14.2. The van der Waals surface area contributed by atoms with E-state index in [2.05, 4.69) is 9.99 Å². The molecule has 0 rings (SSSR count). The first-order chi connectivity index (χ1) is 6.97. The van der Waals surface area contributed by atoms with Gasteiger partial charge < -0.3 is 4.84 Å². The minimum atomic E-state index is -4.68. The number of oxime groups is 1. The van der Waals surface area contributed by atoms with Crippen molar-refractivity contribution in [3.63, 3.8) is 0 Å². The van der Waals surface area contributed by atoms with E-state index in [4.69, 9.17) is 0 Å². The standard InChI is InChI=1S/C7H8F3NO2.C2H6/c1-3-5(4-12)6(11-13-2)7(8,9)10;1-2/h3-4H,1-2H3;1-2H3/b5-3-,11-6+;. The Morgan fingerprint density at radius 1 is 1.33 bits per heavy atom. The molecule has 15 heavy (non-hydrogen) atoms. The number of alkyl halides is 3. The Hall–Kier alpha value is -1.33. The number of halogens is 3. The number of rotatable bonds is 3. The molecular formula is C9H14F3NO2. The molecule has 88 valence electrons. The van der Waals surface area contributed by atoms with Gasteiger partial charge in [-0.3, -0.25) is 4.79 Å². The van der Waals surface area contributed by atoms with Gasteiger partial charge in [0.05, 0.1) is 0 Å². The zero-order chi connectivity index (χ0) is 12.5. The summed E-state index contributed by atoms with van der Waals surface area (Å²) < 4.78 is 36.4. The first-order valence-corrected chi connectivity index (χ1v) is 4.27. The molecule has 0 N–H and O–H groups in total. The van der Waals surface area contributed by atoms with Crippen LogP contribution in [0.3, 0.4) is 0 Å². The molecule has 0 aliphatic rings. The molecule has 0 saturated carbocycles. The molecule has 0 saturated heterocycles. The van der Waals surface area contributed by atoms with Gasteiger partial charge in [-0.1, -0.05) is 25.1 Å². The highest BCUT2D eigenvalue weighted by Gasteiger charge is 2.38. The van der Waals surface area contributed by atoms with Crippen LogP contribution in [0.2, 0.25) is 0 Å². The molecule has 0 spiro atoms. The van der Waals surface area contributed by atoms with E-state index in [1.807, 2.05) is 13.8 Å². The van der Waals surface area contributed by atoms with Gasteiger partial charge in [0.25, 0.3) is 0 Å². The summed E-state index contributed by atoms with van der Waals surface area (Å²) in [6, 6.07) is 0. The Bertz CT molecular complexity index is 244. The molecule has 0 unspecified atom stereocenters. The molecule has 0 fully saturated rings. The van der Waals surface area contributed by atoms with Crippen molar-refractivity contribution in [3.8, 4) is 0 Å². The second-order valence-electron chi connectivity index (χ2n) is 1.98. The number of hydrogen-bond donors (Lipinski definition) is 0. The third-order valence-electron chi connectivity index (χ3n) is 1.16. The summed E-state index contributed by atoms with van der Waals surface area (Å²) in [6.45, 7) is 5.31. The summed E-state index contributed by atoms with van der Waals surface area (Å²) in [6.07, 6.45) is -3.59. The van der Waals surface area contributed by atoms with Crippen molar-refractivity contribution in [2.75, 3.05) is 7.11 Å². The van der Waals surface area contributed by atoms with Crippen LogP contribution in [0, 0.1) is 0 Å². The molecule has 0 aliphatic carbocycles. The van der Waals surface area contributed by atoms with Crippen LogP contribution in [-0.2, 0) is 9.63 Å². The highest BCUT2D eigenvalue weighted by atomic mass is 19.4. The average Bonchev–Trinajstić information content (AvgIpc) is 2.20. The van der Waals surface area contributed by atoms with E-state index in [0.717, 1.165) is 13.2 Å². The predicted octanol–water partition coefficient (Wildman–Crippen LogP) is 2.72. The van der Waals surface area contributed by atoms with Crippen molar-refractivity contribution in [1.82, 2.24) is 0 Å². The van der Waals surface area contributed by atoms with Crippen LogP contribution in [0.25, 0.3) is 0 Å². The first kappa shape index (κ1) is 16.1. The topological polar surface area (TPSA) is 38.7 Å². The molecule has 6 heteroatoms. The van der Waals surface area contributed by atoms with E-state index in [-0.39, 0.29) is 6.29 Å². The summed E-state index contributed by atoms with van der Waals surface area (Å²) in [7, 11) is 0.976. The van der Waals surface area contributed by atoms with Gasteiger partial charge >= 0.3 is 6.18 Å². The second kappa shape index (κ2) is 8.02. The Morgan fingerprint density at radius 3 is 2.00 bits per heavy atom. The predicted molar refractivity (Wildman–Crippen MR) is 51.7 cm³/mol. The van der Waals surface area contributed by atoms with E-state index in [1.54, 1.807) is 0 Å². The molecule has 0 heterocycles. The monoisotopic (exact) mass is 225 g/mol. The molecule has 0 bridgehead atoms. The van der Waals surface area contributed by atoms with E-state index in [9.17, 15) is 18.0 Å². The minimum absolute atomic E-state index is 0.0747. The van der Waals surface area contributed by atoms with Crippen molar-refractivity contribution in [1.29, 1.82) is 0 Å². The largest absolute Gasteiger partial charge is 0.437 e. The van der Waals surface area contributed by atoms with Crippen LogP contribution >= 0.6 is 0 Å². The van der Waals surface area contributed by atoms with E-state index >= 15 is 0 Å². The van der Waals surface area contributed by atoms with Crippen molar-refractivity contribution in [2.24, 2.45) is 5.16 Å². The van der Waals surface area contributed by atoms with Gasteiger partial charge in [-0.15, -0.1) is 0 Å². The van der Waals surface area contributed by atoms with Crippen LogP contribution in [-0.4, -0.2) is 25.3 Å². The molecule has 3 nitrogen and oxygen atoms in total. The lowest BCUT2D eigenvalue weighted by Crippen LogP contribution is -2.25. The van der Waals surface area contributed by atoms with E-state index < -0.39 is 17.5 Å². The maximum atomic E-state index is 12.1. The summed E-state index contributed by atoms with van der Waals surface area (Å²) in [5.74, 6) is 0. The van der Waals surface area contributed by atoms with E-state index in [1.165, 1.54) is 6.92 Å². The number of carbonyl (C=O) groups is 1. The Labute approximate surface area is 86.6 Å². The maximum absolute atomic E-state index is 12.1. The van der Waals surface area contributed by atoms with Crippen molar-refractivity contribution in [2.45, 2.75) is 26.9 Å². The molecular weight excluding hydrogens is 211 g/mol. The lowest BCUT2D eigenvalue weighted by Gasteiger charge is -2.07. The fourth-order valence-electron chi connectivity index (χ4n) is 0.620. The third kappa shape index (κ3) is 5.87. The van der Waals surface area contributed by atoms with Gasteiger partial charge in [-0.2, -0.15) is 13.2 Å². The van der Waals surface area contributed by atoms with Gasteiger partial charge in [-0.25, -0.2) is 0 Å². The number of carbonyl (C=O) groups excluding carboxylic acids is 1. The third-order valence-corrected chi connectivity index (χ3v) is 1.16. The molecule has 0 amide bonds. The molecule has 0 aromatic rings. The lowest BCUT2D eigenvalue weighted by molar-refractivity contribution is -0.105. The zero-order valence-electron chi connectivity index (χ0n) is 9.05. The summed E-state index contributed by atoms with van der Waals surface area (Å²) in [5, 5.41) is 2.73. The Morgan fingerprint density at radius 2 is 1.80 bits per heavy atom. The van der Waals surface area contributed by atoms with Gasteiger partial charge in [0.15, 0.2) is 12.0 Å². The first-order valence-electron chi connectivity index (χ1n) is 4.27. The molecule has 0 radical (unpaired) electrons. The van der Waals surface area contributed by atoms with Crippen molar-refractivity contribution >= 4 is 12.0 Å². The Balaban J connectivity index is 0. The van der Waals surface area contributed by atoms with Crippen LogP contribution in [0.4, 0.5) is 13.2 Å². The van der Waals surface area contributed by atoms with Gasteiger partial charge in [0.1, 0.15) is 7.11 Å². The number of nitrogens with zero attached hydrogens (tertiary/aromatic N) is 1. The molecule has 0 aromatic carbocycles. The van der Waals surface area contributed by atoms with Crippen LogP contribution in [0.15, 0.2) is 16.8 Å². The van der Waals surface area contributed by atoms with Crippen LogP contribution < -0.4 is 0 Å². The molecule has 0 aromatic heterocycles. The molecule has 0 aliphatic heterocycles. The van der Waals surface area contributed by atoms with Crippen LogP contribution in [0.1, 0.15) is 20.8 Å². The van der Waals surface area contributed by atoms with Gasteiger partial charge in [0, 0.05) is 5.57 Å². The van der Waals surface area contributed by atoms with Crippen molar-refractivity contribution in [3.05, 3.63) is 11.6 Å². The molecule has 0 atom stereocenters. The smallest absolute Gasteiger partial charge is 0.399 e. The number of aldehydes is 1. The van der Waals surface area contributed by atoms with Crippen LogP contribution in [0.5, 0.6) is 0 Å². The van der Waals surface area contributed by atoms with E-state index in [0.29, 0.717) is 0 Å². The fourth-order valence-corrected chi connectivity index (χ4v) is 0.620. The van der Waals surface area contributed by atoms with Gasteiger partial charge in [-0.05, 0) is 6.92 Å². The summed E-state index contributed by atoms with van der Waals surface area (Å²) in [5.41, 5.74) is -1.87. The number of hydrogen-bond acceptors (Lipinski definition) is 3. The zero-order valence-corrected chi connectivity index (χ0v) is 9.05. The normalized spacial score (nSPS) is 12.7. The highest BCUT2D eigenvalue weighted by Crippen LogP contribution is 2.21. The van der Waals surface area contributed by atoms with Crippen molar-refractivity contribution < 1.29 is 22.8 Å². The fraction of sp³-hybridized carbons (Fsp3) is 0.556. The average molecular weight is 225 g/mol. The lowest BCUT2D eigenvalue weighted by atomic mass is 10.1. The summed E-state index contributed by atoms with van der Waals surface area (Å²) >= 11 is 0. The maximum Gasteiger partial charge on any atom is 0.437 e. The Kier molecular flexibility index (Phi) is 8.61. The number of allylic oxidation sites excluding steroid dienone is 2. The second-order valence-corrected chi connectivity index (χ2v) is 1.98. The highest BCUT2D eigenvalue weighted by molar-refractivity contribution is 6.17. The quantitative estimate of drug-likeness (QED) is 0.320. The minimum Gasteiger partial charge on any atom is -0.399 e. The SMILES string of the molecule is C/C=C(C=O)\C(=N/OC)C(F)(F)F.CC. The van der Waals surface area contributed by atoms with Gasteiger partial charge in [0.2, 0.25) is 0 Å².